The summed E-state index contributed by atoms with van der Waals surface area (Å²) in [4.78, 5) is 22.3. The van der Waals surface area contributed by atoms with Gasteiger partial charge in [0.2, 0.25) is 0 Å². The van der Waals surface area contributed by atoms with Crippen molar-refractivity contribution in [2.45, 2.75) is 26.7 Å². The molecule has 3 aromatic rings. The molecule has 5 heteroatoms. The van der Waals surface area contributed by atoms with E-state index >= 15 is 0 Å². The second kappa shape index (κ2) is 5.82. The molecule has 0 bridgehead atoms. The number of ether oxygens (including phenoxy) is 1. The number of anilines is 1. The predicted octanol–water partition coefficient (Wildman–Crippen LogP) is 3.80. The Morgan fingerprint density at radius 1 is 1.29 bits per heavy atom. The molecule has 124 valence electrons. The molecule has 0 atom stereocenters. The van der Waals surface area contributed by atoms with Crippen LogP contribution in [0.1, 0.15) is 35.8 Å². The first-order valence-corrected chi connectivity index (χ1v) is 8.52. The molecule has 0 aliphatic carbocycles. The van der Waals surface area contributed by atoms with Crippen LogP contribution in [0.15, 0.2) is 24.4 Å². The molecule has 0 radical (unpaired) electrons. The van der Waals surface area contributed by atoms with E-state index in [1.54, 1.807) is 13.1 Å². The highest BCUT2D eigenvalue weighted by molar-refractivity contribution is 6.11. The van der Waals surface area contributed by atoms with Crippen LogP contribution in [0, 0.1) is 6.92 Å². The number of benzene rings is 1. The Kier molecular flexibility index (Phi) is 3.63. The van der Waals surface area contributed by atoms with Gasteiger partial charge in [0.15, 0.2) is 5.69 Å². The van der Waals surface area contributed by atoms with Gasteiger partial charge < -0.3 is 14.6 Å². The Morgan fingerprint density at radius 3 is 2.83 bits per heavy atom. The molecule has 0 spiro atoms. The third kappa shape index (κ3) is 2.31. The summed E-state index contributed by atoms with van der Waals surface area (Å²) in [6, 6.07) is 6.51. The molecule has 4 rings (SSSR count). The lowest BCUT2D eigenvalue weighted by Gasteiger charge is -2.17. The summed E-state index contributed by atoms with van der Waals surface area (Å²) in [6.45, 7) is 6.33. The number of hydrogen-bond acceptors (Lipinski definition) is 4. The quantitative estimate of drug-likeness (QED) is 0.745. The smallest absolute Gasteiger partial charge is 0.357 e. The molecular formula is C19H21N3O2. The number of nitrogens with one attached hydrogen (secondary N) is 1. The molecule has 1 N–H and O–H groups in total. The van der Waals surface area contributed by atoms with E-state index in [0.717, 1.165) is 40.5 Å². The van der Waals surface area contributed by atoms with Crippen LogP contribution in [-0.2, 0) is 4.74 Å². The second-order valence-electron chi connectivity index (χ2n) is 6.29. The number of aryl methyl sites for hydroxylation is 1. The lowest BCUT2D eigenvalue weighted by Crippen LogP contribution is -2.17. The Bertz CT molecular complexity index is 923. The second-order valence-corrected chi connectivity index (χ2v) is 6.29. The number of aromatic amines is 1. The fraction of sp³-hybridized carbons (Fsp3) is 0.368. The van der Waals surface area contributed by atoms with Crippen LogP contribution in [0.3, 0.4) is 0 Å². The van der Waals surface area contributed by atoms with Crippen LogP contribution in [0.25, 0.3) is 21.8 Å². The zero-order chi connectivity index (χ0) is 16.7. The van der Waals surface area contributed by atoms with Crippen LogP contribution < -0.4 is 4.90 Å². The molecule has 0 amide bonds. The highest BCUT2D eigenvalue weighted by atomic mass is 16.5. The summed E-state index contributed by atoms with van der Waals surface area (Å²) in [5.41, 5.74) is 4.54. The van der Waals surface area contributed by atoms with Crippen LogP contribution in [-0.4, -0.2) is 35.6 Å². The van der Waals surface area contributed by atoms with E-state index in [4.69, 9.17) is 4.74 Å². The van der Waals surface area contributed by atoms with Crippen molar-refractivity contribution >= 4 is 33.5 Å². The van der Waals surface area contributed by atoms with Crippen molar-refractivity contribution in [1.29, 1.82) is 0 Å². The van der Waals surface area contributed by atoms with Gasteiger partial charge in [-0.25, -0.2) is 9.78 Å². The van der Waals surface area contributed by atoms with Crippen LogP contribution in [0.5, 0.6) is 0 Å². The molecule has 1 aliphatic rings. The van der Waals surface area contributed by atoms with E-state index in [-0.39, 0.29) is 5.97 Å². The fourth-order valence-corrected chi connectivity index (χ4v) is 3.62. The maximum atomic E-state index is 12.1. The first-order chi connectivity index (χ1) is 11.7. The summed E-state index contributed by atoms with van der Waals surface area (Å²) in [5.74, 6) is -0.359. The molecular weight excluding hydrogens is 302 g/mol. The number of aromatic nitrogens is 2. The summed E-state index contributed by atoms with van der Waals surface area (Å²) >= 11 is 0. The summed E-state index contributed by atoms with van der Waals surface area (Å²) in [7, 11) is 0. The van der Waals surface area contributed by atoms with Crippen LogP contribution in [0.2, 0.25) is 0 Å². The zero-order valence-electron chi connectivity index (χ0n) is 14.1. The van der Waals surface area contributed by atoms with Gasteiger partial charge in [-0.05, 0) is 50.5 Å². The highest BCUT2D eigenvalue weighted by Crippen LogP contribution is 2.33. The standard InChI is InChI=1S/C19H21N3O2/c1-3-24-19(23)18-12(2)17-14-10-13(22-8-4-5-9-22)6-7-15(14)21-16(17)11-20-18/h6-7,10-11,21H,3-5,8-9H2,1-2H3. The van der Waals surface area contributed by atoms with E-state index < -0.39 is 0 Å². The van der Waals surface area contributed by atoms with E-state index in [1.807, 2.05) is 6.92 Å². The maximum Gasteiger partial charge on any atom is 0.357 e. The summed E-state index contributed by atoms with van der Waals surface area (Å²) < 4.78 is 5.13. The first kappa shape index (κ1) is 15.0. The van der Waals surface area contributed by atoms with Gasteiger partial charge in [-0.2, -0.15) is 0 Å². The molecule has 1 aromatic carbocycles. The van der Waals surface area contributed by atoms with E-state index in [0.29, 0.717) is 12.3 Å². The lowest BCUT2D eigenvalue weighted by molar-refractivity contribution is 0.0519. The van der Waals surface area contributed by atoms with Crippen molar-refractivity contribution in [3.05, 3.63) is 35.7 Å². The van der Waals surface area contributed by atoms with Gasteiger partial charge in [0, 0.05) is 35.1 Å². The van der Waals surface area contributed by atoms with Gasteiger partial charge >= 0.3 is 5.97 Å². The fourth-order valence-electron chi connectivity index (χ4n) is 3.62. The number of esters is 1. The molecule has 1 saturated heterocycles. The van der Waals surface area contributed by atoms with Gasteiger partial charge in [0.05, 0.1) is 18.3 Å². The average Bonchev–Trinajstić information content (AvgIpc) is 3.22. The molecule has 0 saturated carbocycles. The minimum absolute atomic E-state index is 0.352. The van der Waals surface area contributed by atoms with Crippen molar-refractivity contribution in [3.63, 3.8) is 0 Å². The highest BCUT2D eigenvalue weighted by Gasteiger charge is 2.18. The lowest BCUT2D eigenvalue weighted by atomic mass is 10.1. The third-order valence-electron chi connectivity index (χ3n) is 4.80. The SMILES string of the molecule is CCOC(=O)c1ncc2[nH]c3ccc(N4CCCC4)cc3c2c1C. The molecule has 3 heterocycles. The summed E-state index contributed by atoms with van der Waals surface area (Å²) in [6.07, 6.45) is 4.23. The monoisotopic (exact) mass is 323 g/mol. The number of rotatable bonds is 3. The predicted molar refractivity (Wildman–Crippen MR) is 95.7 cm³/mol. The number of nitrogens with zero attached hydrogens (tertiary/aromatic N) is 2. The number of carbonyl (C=O) groups excluding carboxylic acids is 1. The normalized spacial score (nSPS) is 14.7. The van der Waals surface area contributed by atoms with Crippen molar-refractivity contribution in [2.24, 2.45) is 0 Å². The average molecular weight is 323 g/mol. The Hall–Kier alpha value is -2.56. The topological polar surface area (TPSA) is 58.2 Å². The van der Waals surface area contributed by atoms with E-state index in [1.165, 1.54) is 18.5 Å². The van der Waals surface area contributed by atoms with Gasteiger partial charge in [0.1, 0.15) is 0 Å². The van der Waals surface area contributed by atoms with Crippen LogP contribution >= 0.6 is 0 Å². The Balaban J connectivity index is 1.90. The number of fused-ring (bicyclic) bond motifs is 3. The largest absolute Gasteiger partial charge is 0.461 e. The van der Waals surface area contributed by atoms with E-state index in [9.17, 15) is 4.79 Å². The van der Waals surface area contributed by atoms with Crippen molar-refractivity contribution in [3.8, 4) is 0 Å². The molecule has 5 nitrogen and oxygen atoms in total. The minimum Gasteiger partial charge on any atom is -0.461 e. The third-order valence-corrected chi connectivity index (χ3v) is 4.80. The van der Waals surface area contributed by atoms with Gasteiger partial charge in [-0.1, -0.05) is 0 Å². The zero-order valence-corrected chi connectivity index (χ0v) is 14.1. The Morgan fingerprint density at radius 2 is 2.08 bits per heavy atom. The molecule has 24 heavy (non-hydrogen) atoms. The van der Waals surface area contributed by atoms with Gasteiger partial charge in [-0.3, -0.25) is 0 Å². The minimum atomic E-state index is -0.359. The maximum absolute atomic E-state index is 12.1. The van der Waals surface area contributed by atoms with Crippen molar-refractivity contribution in [2.75, 3.05) is 24.6 Å². The van der Waals surface area contributed by atoms with Gasteiger partial charge in [-0.15, -0.1) is 0 Å². The molecule has 1 fully saturated rings. The van der Waals surface area contributed by atoms with Crippen molar-refractivity contribution < 1.29 is 9.53 Å². The Labute approximate surface area is 140 Å². The number of H-pyrrole nitrogens is 1. The number of carbonyl (C=O) groups is 1. The first-order valence-electron chi connectivity index (χ1n) is 8.52. The van der Waals surface area contributed by atoms with Crippen LogP contribution in [0.4, 0.5) is 5.69 Å². The molecule has 0 unspecified atom stereocenters. The number of hydrogen-bond donors (Lipinski definition) is 1. The molecule has 2 aromatic heterocycles. The summed E-state index contributed by atoms with van der Waals surface area (Å²) in [5, 5.41) is 2.20. The van der Waals surface area contributed by atoms with Gasteiger partial charge in [0.25, 0.3) is 0 Å². The van der Waals surface area contributed by atoms with E-state index in [2.05, 4.69) is 33.1 Å². The molecule has 1 aliphatic heterocycles. The number of pyridine rings is 1. The van der Waals surface area contributed by atoms with Crippen molar-refractivity contribution in [1.82, 2.24) is 9.97 Å².